The summed E-state index contributed by atoms with van der Waals surface area (Å²) in [6, 6.07) is 1.74. The van der Waals surface area contributed by atoms with Gasteiger partial charge in [0.1, 0.15) is 0 Å². The Hall–Kier alpha value is -1.45. The third-order valence-electron chi connectivity index (χ3n) is 1.19. The summed E-state index contributed by atoms with van der Waals surface area (Å²) in [5.74, 6) is 0.621. The standard InChI is InChI=1S/C6H5N3O/c1-4-8-6-5(10-4)2-3-7-9-6/h2-3H,1H3. The van der Waals surface area contributed by atoms with Crippen molar-refractivity contribution in [2.45, 2.75) is 6.92 Å². The first kappa shape index (κ1) is 5.34. The molecule has 0 atom stereocenters. The number of hydrogen-bond donors (Lipinski definition) is 0. The topological polar surface area (TPSA) is 51.8 Å². The monoisotopic (exact) mass is 135 g/mol. The summed E-state index contributed by atoms with van der Waals surface area (Å²) in [4.78, 5) is 3.97. The molecular weight excluding hydrogens is 130 g/mol. The van der Waals surface area contributed by atoms with Gasteiger partial charge in [-0.25, -0.2) is 0 Å². The fraction of sp³-hybridized carbons (Fsp3) is 0.167. The summed E-state index contributed by atoms with van der Waals surface area (Å²) in [7, 11) is 0. The largest absolute Gasteiger partial charge is 0.439 e. The molecule has 0 spiro atoms. The minimum absolute atomic E-state index is 0.569. The minimum Gasteiger partial charge on any atom is -0.439 e. The summed E-state index contributed by atoms with van der Waals surface area (Å²) >= 11 is 0. The van der Waals surface area contributed by atoms with E-state index in [0.29, 0.717) is 17.1 Å². The molecular formula is C6H5N3O. The van der Waals surface area contributed by atoms with Gasteiger partial charge in [-0.1, -0.05) is 0 Å². The Labute approximate surface area is 56.9 Å². The third kappa shape index (κ3) is 0.655. The maximum atomic E-state index is 5.15. The molecule has 0 bridgehead atoms. The van der Waals surface area contributed by atoms with Crippen LogP contribution in [-0.2, 0) is 0 Å². The van der Waals surface area contributed by atoms with Crippen LogP contribution in [0.4, 0.5) is 0 Å². The predicted molar refractivity (Wildman–Crippen MR) is 34.3 cm³/mol. The van der Waals surface area contributed by atoms with Crippen molar-refractivity contribution in [2.75, 3.05) is 0 Å². The van der Waals surface area contributed by atoms with Crippen molar-refractivity contribution in [3.05, 3.63) is 18.2 Å². The van der Waals surface area contributed by atoms with Crippen LogP contribution in [0.5, 0.6) is 0 Å². The van der Waals surface area contributed by atoms with Gasteiger partial charge in [-0.3, -0.25) is 0 Å². The van der Waals surface area contributed by atoms with Crippen LogP contribution in [0.15, 0.2) is 16.7 Å². The Bertz CT molecular complexity index is 322. The van der Waals surface area contributed by atoms with Gasteiger partial charge >= 0.3 is 0 Å². The Balaban J connectivity index is 2.88. The zero-order valence-corrected chi connectivity index (χ0v) is 5.40. The average Bonchev–Trinajstić information content (AvgIpc) is 2.27. The minimum atomic E-state index is 0.569. The van der Waals surface area contributed by atoms with Gasteiger partial charge in [0, 0.05) is 13.0 Å². The molecule has 4 nitrogen and oxygen atoms in total. The summed E-state index contributed by atoms with van der Waals surface area (Å²) in [5, 5.41) is 7.40. The van der Waals surface area contributed by atoms with Crippen molar-refractivity contribution >= 4 is 11.2 Å². The molecule has 0 amide bonds. The van der Waals surface area contributed by atoms with E-state index in [1.807, 2.05) is 0 Å². The average molecular weight is 135 g/mol. The number of rotatable bonds is 0. The lowest BCUT2D eigenvalue weighted by Gasteiger charge is -1.78. The molecule has 0 saturated carbocycles. The summed E-state index contributed by atoms with van der Waals surface area (Å²) in [6.45, 7) is 1.78. The van der Waals surface area contributed by atoms with Crippen LogP contribution in [0.3, 0.4) is 0 Å². The molecule has 0 aromatic carbocycles. The summed E-state index contributed by atoms with van der Waals surface area (Å²) < 4.78 is 5.15. The Morgan fingerprint density at radius 1 is 1.50 bits per heavy atom. The van der Waals surface area contributed by atoms with E-state index in [0.717, 1.165) is 0 Å². The molecule has 0 saturated heterocycles. The lowest BCUT2D eigenvalue weighted by molar-refractivity contribution is 0.561. The number of aromatic nitrogens is 3. The van der Waals surface area contributed by atoms with Gasteiger partial charge in [-0.2, -0.15) is 10.1 Å². The number of hydrogen-bond acceptors (Lipinski definition) is 4. The van der Waals surface area contributed by atoms with Crippen LogP contribution >= 0.6 is 0 Å². The van der Waals surface area contributed by atoms with Crippen molar-refractivity contribution in [2.24, 2.45) is 0 Å². The predicted octanol–water partition coefficient (Wildman–Crippen LogP) is 0.926. The van der Waals surface area contributed by atoms with Gasteiger partial charge in [0.15, 0.2) is 11.5 Å². The molecule has 0 unspecified atom stereocenters. The van der Waals surface area contributed by atoms with Crippen LogP contribution in [-0.4, -0.2) is 15.2 Å². The summed E-state index contributed by atoms with van der Waals surface area (Å²) in [6.07, 6.45) is 1.58. The molecule has 2 heterocycles. The first-order valence-electron chi connectivity index (χ1n) is 2.91. The fourth-order valence-corrected chi connectivity index (χ4v) is 0.801. The maximum Gasteiger partial charge on any atom is 0.220 e. The van der Waals surface area contributed by atoms with Gasteiger partial charge in [0.2, 0.25) is 5.65 Å². The smallest absolute Gasteiger partial charge is 0.220 e. The highest BCUT2D eigenvalue weighted by Gasteiger charge is 1.99. The first-order chi connectivity index (χ1) is 4.86. The molecule has 0 radical (unpaired) electrons. The van der Waals surface area contributed by atoms with Crippen molar-refractivity contribution < 1.29 is 4.42 Å². The van der Waals surface area contributed by atoms with Gasteiger partial charge < -0.3 is 4.42 Å². The van der Waals surface area contributed by atoms with E-state index in [-0.39, 0.29) is 0 Å². The Morgan fingerprint density at radius 3 is 3.20 bits per heavy atom. The molecule has 0 fully saturated rings. The molecule has 0 N–H and O–H groups in total. The first-order valence-corrected chi connectivity index (χ1v) is 2.91. The molecule has 0 aliphatic carbocycles. The SMILES string of the molecule is Cc1nc2nnccc2o1. The zero-order chi connectivity index (χ0) is 6.97. The highest BCUT2D eigenvalue weighted by molar-refractivity contribution is 5.65. The van der Waals surface area contributed by atoms with E-state index in [4.69, 9.17) is 4.42 Å². The molecule has 2 aromatic heterocycles. The molecule has 10 heavy (non-hydrogen) atoms. The Kier molecular flexibility index (Phi) is 0.943. The molecule has 0 aliphatic heterocycles. The number of aryl methyl sites for hydroxylation is 1. The van der Waals surface area contributed by atoms with E-state index in [1.54, 1.807) is 19.2 Å². The number of nitrogens with zero attached hydrogens (tertiary/aromatic N) is 3. The normalized spacial score (nSPS) is 10.5. The highest BCUT2D eigenvalue weighted by Crippen LogP contribution is 2.09. The van der Waals surface area contributed by atoms with E-state index in [1.165, 1.54) is 0 Å². The van der Waals surface area contributed by atoms with Crippen LogP contribution < -0.4 is 0 Å². The zero-order valence-electron chi connectivity index (χ0n) is 5.40. The quantitative estimate of drug-likeness (QED) is 0.539. The second-order valence-corrected chi connectivity index (χ2v) is 1.95. The van der Waals surface area contributed by atoms with E-state index in [9.17, 15) is 0 Å². The van der Waals surface area contributed by atoms with Gasteiger partial charge in [0.25, 0.3) is 0 Å². The molecule has 2 aromatic rings. The van der Waals surface area contributed by atoms with E-state index >= 15 is 0 Å². The van der Waals surface area contributed by atoms with Gasteiger partial charge in [-0.05, 0) is 0 Å². The van der Waals surface area contributed by atoms with E-state index < -0.39 is 0 Å². The van der Waals surface area contributed by atoms with E-state index in [2.05, 4.69) is 15.2 Å². The third-order valence-corrected chi connectivity index (χ3v) is 1.19. The Morgan fingerprint density at radius 2 is 2.40 bits per heavy atom. The number of oxazole rings is 1. The molecule has 2 rings (SSSR count). The number of fused-ring (bicyclic) bond motifs is 1. The lowest BCUT2D eigenvalue weighted by Crippen LogP contribution is -1.78. The summed E-state index contributed by atoms with van der Waals surface area (Å²) in [5.41, 5.74) is 1.26. The van der Waals surface area contributed by atoms with Gasteiger partial charge in [0.05, 0.1) is 6.20 Å². The van der Waals surface area contributed by atoms with Crippen molar-refractivity contribution in [3.63, 3.8) is 0 Å². The van der Waals surface area contributed by atoms with Crippen molar-refractivity contribution in [1.82, 2.24) is 15.2 Å². The van der Waals surface area contributed by atoms with Crippen LogP contribution in [0.1, 0.15) is 5.89 Å². The molecule has 0 aliphatic rings. The molecule has 4 heteroatoms. The van der Waals surface area contributed by atoms with Crippen LogP contribution in [0.25, 0.3) is 11.2 Å². The van der Waals surface area contributed by atoms with Crippen molar-refractivity contribution in [1.29, 1.82) is 0 Å². The second-order valence-electron chi connectivity index (χ2n) is 1.95. The fourth-order valence-electron chi connectivity index (χ4n) is 0.801. The van der Waals surface area contributed by atoms with Crippen LogP contribution in [0.2, 0.25) is 0 Å². The van der Waals surface area contributed by atoms with Gasteiger partial charge in [-0.15, -0.1) is 5.10 Å². The highest BCUT2D eigenvalue weighted by atomic mass is 16.3. The molecule has 50 valence electrons. The lowest BCUT2D eigenvalue weighted by atomic mass is 10.5. The van der Waals surface area contributed by atoms with Crippen LogP contribution in [0, 0.1) is 6.92 Å². The second kappa shape index (κ2) is 1.76. The van der Waals surface area contributed by atoms with Crippen molar-refractivity contribution in [3.8, 4) is 0 Å². The maximum absolute atomic E-state index is 5.15.